The predicted molar refractivity (Wildman–Crippen MR) is 49.0 cm³/mol. The summed E-state index contributed by atoms with van der Waals surface area (Å²) in [6.45, 7) is 1.93. The Hall–Kier alpha value is -0.620. The van der Waals surface area contributed by atoms with Gasteiger partial charge in [0.1, 0.15) is 0 Å². The average Bonchev–Trinajstić information content (AvgIpc) is 2.51. The minimum atomic E-state index is -4.35. The predicted octanol–water partition coefficient (Wildman–Crippen LogP) is 2.96. The van der Waals surface area contributed by atoms with E-state index in [4.69, 9.17) is 5.73 Å². The number of aromatic nitrogens is 1. The highest BCUT2D eigenvalue weighted by molar-refractivity contribution is 7.09. The highest BCUT2D eigenvalue weighted by Crippen LogP contribution is 2.32. The van der Waals surface area contributed by atoms with Gasteiger partial charge in [-0.25, -0.2) is 4.98 Å². The first-order valence-electron chi connectivity index (χ1n) is 4.23. The summed E-state index contributed by atoms with van der Waals surface area (Å²) >= 11 is 0.595. The van der Waals surface area contributed by atoms with Gasteiger partial charge in [-0.15, -0.1) is 11.3 Å². The van der Waals surface area contributed by atoms with Crippen LogP contribution in [0.3, 0.4) is 0 Å². The van der Waals surface area contributed by atoms with Gasteiger partial charge in [-0.2, -0.15) is 13.2 Å². The first-order chi connectivity index (χ1) is 6.45. The number of alkyl halides is 3. The van der Waals surface area contributed by atoms with Crippen LogP contribution in [0.4, 0.5) is 13.2 Å². The zero-order valence-corrected chi connectivity index (χ0v) is 8.45. The molecule has 0 aliphatic carbocycles. The summed E-state index contributed by atoms with van der Waals surface area (Å²) in [6, 6.07) is -0.382. The summed E-state index contributed by atoms with van der Waals surface area (Å²) in [5.41, 5.74) is 5.98. The van der Waals surface area contributed by atoms with Crippen LogP contribution >= 0.6 is 11.3 Å². The number of nitrogens with zero attached hydrogens (tertiary/aromatic N) is 1. The molecule has 0 saturated carbocycles. The van der Waals surface area contributed by atoms with Crippen LogP contribution in [0.15, 0.2) is 5.38 Å². The van der Waals surface area contributed by atoms with Crippen LogP contribution in [-0.2, 0) is 6.18 Å². The maximum atomic E-state index is 12.2. The van der Waals surface area contributed by atoms with E-state index in [9.17, 15) is 13.2 Å². The van der Waals surface area contributed by atoms with Crippen LogP contribution in [0.5, 0.6) is 0 Å². The molecule has 0 radical (unpaired) electrons. The molecule has 0 spiro atoms. The fraction of sp³-hybridized carbons (Fsp3) is 0.625. The quantitative estimate of drug-likeness (QED) is 0.857. The summed E-state index contributed by atoms with van der Waals surface area (Å²) in [5.74, 6) is 0. The Morgan fingerprint density at radius 3 is 2.64 bits per heavy atom. The molecule has 1 rings (SSSR count). The molecule has 0 fully saturated rings. The summed E-state index contributed by atoms with van der Waals surface area (Å²) < 4.78 is 36.5. The fourth-order valence-electron chi connectivity index (χ4n) is 1.05. The molecule has 1 heterocycles. The molecule has 14 heavy (non-hydrogen) atoms. The van der Waals surface area contributed by atoms with Crippen LogP contribution in [0, 0.1) is 0 Å². The normalized spacial score (nSPS) is 14.4. The van der Waals surface area contributed by atoms with E-state index in [2.05, 4.69) is 4.98 Å². The summed E-state index contributed by atoms with van der Waals surface area (Å²) in [4.78, 5) is 3.47. The van der Waals surface area contributed by atoms with Gasteiger partial charge in [-0.1, -0.05) is 13.3 Å². The number of hydrogen-bond donors (Lipinski definition) is 1. The van der Waals surface area contributed by atoms with E-state index in [0.717, 1.165) is 6.42 Å². The van der Waals surface area contributed by atoms with E-state index >= 15 is 0 Å². The van der Waals surface area contributed by atoms with Gasteiger partial charge < -0.3 is 5.73 Å². The fourth-order valence-corrected chi connectivity index (χ4v) is 1.80. The average molecular weight is 224 g/mol. The lowest BCUT2D eigenvalue weighted by atomic mass is 10.1. The Labute approximate surface area is 84.0 Å². The molecule has 0 aliphatic heterocycles. The largest absolute Gasteiger partial charge is 0.443 e. The molecule has 1 aromatic rings. The van der Waals surface area contributed by atoms with Gasteiger partial charge in [0.2, 0.25) is 0 Å². The Morgan fingerprint density at radius 1 is 1.57 bits per heavy atom. The van der Waals surface area contributed by atoms with Gasteiger partial charge in [-0.05, 0) is 6.42 Å². The zero-order chi connectivity index (χ0) is 10.8. The monoisotopic (exact) mass is 224 g/mol. The highest BCUT2D eigenvalue weighted by Gasteiger charge is 2.34. The van der Waals surface area contributed by atoms with Crippen LogP contribution in [0.2, 0.25) is 0 Å². The summed E-state index contributed by atoms with van der Waals surface area (Å²) in [6.07, 6.45) is -2.87. The van der Waals surface area contributed by atoms with Gasteiger partial charge >= 0.3 is 6.18 Å². The van der Waals surface area contributed by atoms with Crippen LogP contribution in [-0.4, -0.2) is 4.98 Å². The SMILES string of the molecule is CCCC(N)c1csc(C(F)(F)F)n1. The summed E-state index contributed by atoms with van der Waals surface area (Å²) in [5, 5.41) is 0.558. The maximum Gasteiger partial charge on any atom is 0.443 e. The van der Waals surface area contributed by atoms with Crippen LogP contribution in [0.1, 0.15) is 36.5 Å². The second kappa shape index (κ2) is 4.27. The molecule has 1 unspecified atom stereocenters. The van der Waals surface area contributed by atoms with E-state index in [1.807, 2.05) is 6.92 Å². The molecular weight excluding hydrogens is 213 g/mol. The number of rotatable bonds is 3. The van der Waals surface area contributed by atoms with Gasteiger partial charge in [0, 0.05) is 11.4 Å². The van der Waals surface area contributed by atoms with Crippen LogP contribution < -0.4 is 5.73 Å². The summed E-state index contributed by atoms with van der Waals surface area (Å²) in [7, 11) is 0. The molecule has 0 amide bonds. The van der Waals surface area contributed by atoms with Gasteiger partial charge in [0.25, 0.3) is 0 Å². The van der Waals surface area contributed by atoms with Crippen molar-refractivity contribution in [1.29, 1.82) is 0 Å². The standard InChI is InChI=1S/C8H11F3N2S/c1-2-3-5(12)6-4-14-7(13-6)8(9,10)11/h4-5H,2-3,12H2,1H3. The van der Waals surface area contributed by atoms with Crippen molar-refractivity contribution in [3.63, 3.8) is 0 Å². The lowest BCUT2D eigenvalue weighted by Gasteiger charge is -2.06. The molecular formula is C8H11F3N2S. The number of hydrogen-bond acceptors (Lipinski definition) is 3. The molecule has 6 heteroatoms. The zero-order valence-electron chi connectivity index (χ0n) is 7.64. The molecule has 0 aliphatic rings. The lowest BCUT2D eigenvalue weighted by Crippen LogP contribution is -2.11. The van der Waals surface area contributed by atoms with Gasteiger partial charge in [0.05, 0.1) is 5.69 Å². The Kier molecular flexibility index (Phi) is 3.49. The van der Waals surface area contributed by atoms with E-state index in [-0.39, 0.29) is 6.04 Å². The van der Waals surface area contributed by atoms with E-state index in [0.29, 0.717) is 23.5 Å². The Bertz CT molecular complexity index is 295. The van der Waals surface area contributed by atoms with Crippen molar-refractivity contribution in [2.75, 3.05) is 0 Å². The third-order valence-corrected chi connectivity index (χ3v) is 2.65. The minimum Gasteiger partial charge on any atom is -0.323 e. The number of thiazole rings is 1. The van der Waals surface area contributed by atoms with Crippen molar-refractivity contribution in [1.82, 2.24) is 4.98 Å². The van der Waals surface area contributed by atoms with Gasteiger partial charge in [0.15, 0.2) is 5.01 Å². The first kappa shape index (κ1) is 11.5. The third-order valence-electron chi connectivity index (χ3n) is 1.74. The molecule has 2 N–H and O–H groups in total. The van der Waals surface area contributed by atoms with E-state index < -0.39 is 11.2 Å². The molecule has 0 bridgehead atoms. The van der Waals surface area contributed by atoms with Crippen LogP contribution in [0.25, 0.3) is 0 Å². The lowest BCUT2D eigenvalue weighted by molar-refractivity contribution is -0.137. The second-order valence-electron chi connectivity index (χ2n) is 2.97. The second-order valence-corrected chi connectivity index (χ2v) is 3.83. The maximum absolute atomic E-state index is 12.2. The van der Waals surface area contributed by atoms with E-state index in [1.165, 1.54) is 5.38 Å². The van der Waals surface area contributed by atoms with Crippen molar-refractivity contribution in [2.24, 2.45) is 5.73 Å². The molecule has 1 atom stereocenters. The molecule has 2 nitrogen and oxygen atoms in total. The molecule has 1 aromatic heterocycles. The number of halogens is 3. The van der Waals surface area contributed by atoms with Gasteiger partial charge in [-0.3, -0.25) is 0 Å². The first-order valence-corrected chi connectivity index (χ1v) is 5.11. The van der Waals surface area contributed by atoms with Crippen molar-refractivity contribution in [3.05, 3.63) is 16.1 Å². The number of nitrogens with two attached hydrogens (primary N) is 1. The van der Waals surface area contributed by atoms with Crippen molar-refractivity contribution in [3.8, 4) is 0 Å². The molecule has 80 valence electrons. The molecule has 0 aromatic carbocycles. The van der Waals surface area contributed by atoms with Crippen molar-refractivity contribution in [2.45, 2.75) is 32.0 Å². The highest BCUT2D eigenvalue weighted by atomic mass is 32.1. The Balaban J connectivity index is 2.78. The Morgan fingerprint density at radius 2 is 2.21 bits per heavy atom. The minimum absolute atomic E-state index is 0.337. The van der Waals surface area contributed by atoms with Crippen molar-refractivity contribution < 1.29 is 13.2 Å². The smallest absolute Gasteiger partial charge is 0.323 e. The third kappa shape index (κ3) is 2.68. The van der Waals surface area contributed by atoms with Crippen molar-refractivity contribution >= 4 is 11.3 Å². The molecule has 0 saturated heterocycles. The van der Waals surface area contributed by atoms with E-state index in [1.54, 1.807) is 0 Å². The topological polar surface area (TPSA) is 38.9 Å².